The van der Waals surface area contributed by atoms with Crippen LogP contribution in [0.2, 0.25) is 5.02 Å². The minimum absolute atomic E-state index is 0. The second-order valence-electron chi connectivity index (χ2n) is 8.70. The number of sulfonamides is 1. The van der Waals surface area contributed by atoms with E-state index in [0.29, 0.717) is 40.9 Å². The number of rotatable bonds is 12. The molecule has 3 aromatic carbocycles. The summed E-state index contributed by atoms with van der Waals surface area (Å²) in [5.41, 5.74) is 2.74. The average molecular weight is 600 g/mol. The topological polar surface area (TPSA) is 105 Å². The Morgan fingerprint density at radius 2 is 1.82 bits per heavy atom. The first-order valence-electron chi connectivity index (χ1n) is 11.7. The maximum atomic E-state index is 12.6. The molecule has 1 amide bonds. The van der Waals surface area contributed by atoms with Gasteiger partial charge in [0.05, 0.1) is 17.9 Å². The molecule has 0 aromatic heterocycles. The number of thioether (sulfide) groups is 1. The maximum absolute atomic E-state index is 12.6. The Labute approximate surface area is 239 Å². The summed E-state index contributed by atoms with van der Waals surface area (Å²) in [4.78, 5) is 13.3. The highest BCUT2D eigenvalue weighted by atomic mass is 35.5. The molecule has 0 bridgehead atoms. The van der Waals surface area contributed by atoms with E-state index in [4.69, 9.17) is 16.3 Å². The van der Waals surface area contributed by atoms with Crippen molar-refractivity contribution in [1.82, 2.24) is 10.0 Å². The highest BCUT2D eigenvalue weighted by molar-refractivity contribution is 8.00. The molecule has 1 atom stereocenters. The summed E-state index contributed by atoms with van der Waals surface area (Å²) >= 11 is 7.47. The van der Waals surface area contributed by atoms with Gasteiger partial charge in [0.25, 0.3) is 5.91 Å². The van der Waals surface area contributed by atoms with E-state index in [1.165, 1.54) is 11.8 Å². The lowest BCUT2D eigenvalue weighted by Crippen LogP contribution is -2.29. The SMILES string of the molecule is CC(C)Sc1cc(-c2ccccc2OCCNC[C@H](O)c2cccc(Cl)c2)ccc1C(=O)NS(C)(=O)=O.Cl. The fourth-order valence-electron chi connectivity index (χ4n) is 3.59. The second kappa shape index (κ2) is 14.8. The minimum Gasteiger partial charge on any atom is -0.492 e. The number of carbonyl (C=O) groups is 1. The Bertz CT molecular complexity index is 1340. The van der Waals surface area contributed by atoms with Crippen molar-refractivity contribution in [3.05, 3.63) is 82.9 Å². The number of carbonyl (C=O) groups excluding carboxylic acids is 1. The highest BCUT2D eigenvalue weighted by Gasteiger charge is 2.18. The molecule has 0 aliphatic heterocycles. The molecule has 0 saturated heterocycles. The number of nitrogens with one attached hydrogen (secondary N) is 2. The molecule has 7 nitrogen and oxygen atoms in total. The Balaban J connectivity index is 0.00000507. The number of hydrogen-bond acceptors (Lipinski definition) is 7. The average Bonchev–Trinajstić information content (AvgIpc) is 2.82. The van der Waals surface area contributed by atoms with Gasteiger partial charge in [-0.1, -0.05) is 61.8 Å². The largest absolute Gasteiger partial charge is 0.492 e. The molecule has 38 heavy (non-hydrogen) atoms. The van der Waals surface area contributed by atoms with Crippen molar-refractivity contribution >= 4 is 51.7 Å². The number of ether oxygens (including phenoxy) is 1. The molecule has 0 aliphatic rings. The number of amides is 1. The summed E-state index contributed by atoms with van der Waals surface area (Å²) in [6.07, 6.45) is 0.274. The number of aliphatic hydroxyl groups excluding tert-OH is 1. The summed E-state index contributed by atoms with van der Waals surface area (Å²) in [6, 6.07) is 20.0. The van der Waals surface area contributed by atoms with Gasteiger partial charge < -0.3 is 15.2 Å². The first-order valence-corrected chi connectivity index (χ1v) is 14.9. The molecule has 0 aliphatic carbocycles. The third kappa shape index (κ3) is 9.80. The molecule has 3 N–H and O–H groups in total. The standard InChI is InChI=1S/C27H31ClN2O5S2.ClH/c1-18(2)36-26-16-19(11-12-23(26)27(32)30-37(3,33)34)22-9-4-5-10-25(22)35-14-13-29-17-24(31)20-7-6-8-21(28)15-20;/h4-12,15-16,18,24,29,31H,13-14,17H2,1-3H3,(H,30,32);1H/t24-;/m0./s1. The van der Waals surface area contributed by atoms with Crippen molar-refractivity contribution in [2.75, 3.05) is 26.0 Å². The van der Waals surface area contributed by atoms with Gasteiger partial charge in [-0.15, -0.1) is 24.2 Å². The quantitative estimate of drug-likeness (QED) is 0.191. The van der Waals surface area contributed by atoms with Gasteiger partial charge >= 0.3 is 0 Å². The molecule has 3 rings (SSSR count). The predicted octanol–water partition coefficient (Wildman–Crippen LogP) is 5.32. The van der Waals surface area contributed by atoms with Crippen LogP contribution in [0.5, 0.6) is 5.75 Å². The zero-order valence-corrected chi connectivity index (χ0v) is 24.5. The summed E-state index contributed by atoms with van der Waals surface area (Å²) in [6.45, 7) is 5.26. The van der Waals surface area contributed by atoms with E-state index in [0.717, 1.165) is 22.9 Å². The smallest absolute Gasteiger partial charge is 0.265 e. The molecular formula is C27H32Cl2N2O5S2. The molecule has 11 heteroatoms. The van der Waals surface area contributed by atoms with Crippen LogP contribution in [0.3, 0.4) is 0 Å². The zero-order valence-electron chi connectivity index (χ0n) is 21.3. The van der Waals surface area contributed by atoms with E-state index in [-0.39, 0.29) is 17.7 Å². The Morgan fingerprint density at radius 3 is 2.50 bits per heavy atom. The van der Waals surface area contributed by atoms with Crippen molar-refractivity contribution in [2.45, 2.75) is 30.1 Å². The van der Waals surface area contributed by atoms with Gasteiger partial charge in [0.1, 0.15) is 12.4 Å². The van der Waals surface area contributed by atoms with Crippen LogP contribution in [-0.4, -0.2) is 50.6 Å². The lowest BCUT2D eigenvalue weighted by molar-refractivity contribution is 0.0979. The van der Waals surface area contributed by atoms with Gasteiger partial charge in [-0.05, 0) is 41.5 Å². The van der Waals surface area contributed by atoms with E-state index in [1.54, 1.807) is 30.3 Å². The molecule has 3 aromatic rings. The second-order valence-corrected chi connectivity index (χ2v) is 12.5. The lowest BCUT2D eigenvalue weighted by atomic mass is 10.0. The van der Waals surface area contributed by atoms with Gasteiger partial charge in [-0.3, -0.25) is 4.79 Å². The van der Waals surface area contributed by atoms with E-state index in [2.05, 4.69) is 5.32 Å². The van der Waals surface area contributed by atoms with Crippen LogP contribution in [0.15, 0.2) is 71.6 Å². The predicted molar refractivity (Wildman–Crippen MR) is 157 cm³/mol. The van der Waals surface area contributed by atoms with Crippen LogP contribution in [0.1, 0.15) is 35.9 Å². The first kappa shape index (κ1) is 31.9. The van der Waals surface area contributed by atoms with Gasteiger partial charge in [0.2, 0.25) is 10.0 Å². The van der Waals surface area contributed by atoms with Gasteiger partial charge in [-0.25, -0.2) is 13.1 Å². The van der Waals surface area contributed by atoms with Gasteiger partial charge in [0, 0.05) is 33.8 Å². The molecule has 206 valence electrons. The summed E-state index contributed by atoms with van der Waals surface area (Å²) in [5.74, 6) is 0.0151. The van der Waals surface area contributed by atoms with Crippen LogP contribution in [0, 0.1) is 0 Å². The summed E-state index contributed by atoms with van der Waals surface area (Å²) < 4.78 is 31.2. The number of para-hydroxylation sites is 1. The molecule has 0 saturated carbocycles. The lowest BCUT2D eigenvalue weighted by Gasteiger charge is -2.16. The van der Waals surface area contributed by atoms with Gasteiger partial charge in [0.15, 0.2) is 0 Å². The van der Waals surface area contributed by atoms with Crippen LogP contribution < -0.4 is 14.8 Å². The molecule has 0 spiro atoms. The minimum atomic E-state index is -3.68. The first-order chi connectivity index (χ1) is 17.5. The molecule has 0 unspecified atom stereocenters. The fraction of sp³-hybridized carbons (Fsp3) is 0.296. The normalized spacial score (nSPS) is 12.1. The third-order valence-corrected chi connectivity index (χ3v) is 7.03. The van der Waals surface area contributed by atoms with Crippen LogP contribution in [0.4, 0.5) is 0 Å². The van der Waals surface area contributed by atoms with E-state index >= 15 is 0 Å². The molecule has 0 radical (unpaired) electrons. The van der Waals surface area contributed by atoms with E-state index in [9.17, 15) is 18.3 Å². The number of halogens is 2. The van der Waals surface area contributed by atoms with Crippen molar-refractivity contribution < 1.29 is 23.1 Å². The molecule has 0 fully saturated rings. The van der Waals surface area contributed by atoms with E-state index < -0.39 is 22.0 Å². The van der Waals surface area contributed by atoms with E-state index in [1.807, 2.05) is 55.0 Å². The van der Waals surface area contributed by atoms with Crippen molar-refractivity contribution in [3.8, 4) is 16.9 Å². The van der Waals surface area contributed by atoms with Crippen molar-refractivity contribution in [2.24, 2.45) is 0 Å². The molecular weight excluding hydrogens is 567 g/mol. The Hall–Kier alpha value is -2.27. The van der Waals surface area contributed by atoms with Crippen LogP contribution in [-0.2, 0) is 10.0 Å². The summed E-state index contributed by atoms with van der Waals surface area (Å²) in [7, 11) is -3.68. The fourth-order valence-corrected chi connectivity index (χ4v) is 5.22. The molecule has 0 heterocycles. The number of hydrogen-bond donors (Lipinski definition) is 3. The van der Waals surface area contributed by atoms with Crippen molar-refractivity contribution in [3.63, 3.8) is 0 Å². The van der Waals surface area contributed by atoms with Gasteiger partial charge in [-0.2, -0.15) is 0 Å². The van der Waals surface area contributed by atoms with Crippen LogP contribution >= 0.6 is 35.8 Å². The number of benzene rings is 3. The zero-order chi connectivity index (χ0) is 27.0. The Morgan fingerprint density at radius 1 is 1.08 bits per heavy atom. The van der Waals surface area contributed by atoms with Crippen LogP contribution in [0.25, 0.3) is 11.1 Å². The maximum Gasteiger partial charge on any atom is 0.265 e. The monoisotopic (exact) mass is 598 g/mol. The highest BCUT2D eigenvalue weighted by Crippen LogP contribution is 2.35. The Kier molecular flexibility index (Phi) is 12.4. The third-order valence-electron chi connectivity index (χ3n) is 5.17. The van der Waals surface area contributed by atoms with Crippen molar-refractivity contribution in [1.29, 1.82) is 0 Å². The number of aliphatic hydroxyl groups is 1. The summed E-state index contributed by atoms with van der Waals surface area (Å²) in [5, 5.41) is 14.3.